The van der Waals surface area contributed by atoms with E-state index < -0.39 is 0 Å². The van der Waals surface area contributed by atoms with Gasteiger partial charge in [-0.25, -0.2) is 4.98 Å². The second kappa shape index (κ2) is 5.36. The fraction of sp³-hybridized carbons (Fsp3) is 0.625. The van der Waals surface area contributed by atoms with E-state index in [0.717, 1.165) is 18.4 Å². The maximum atomic E-state index is 12.2. The van der Waals surface area contributed by atoms with Gasteiger partial charge in [-0.3, -0.25) is 4.79 Å². The first-order chi connectivity index (χ1) is 9.28. The summed E-state index contributed by atoms with van der Waals surface area (Å²) in [5, 5.41) is 3.60. The lowest BCUT2D eigenvalue weighted by Crippen LogP contribution is -2.28. The Balaban J connectivity index is 1.75. The highest BCUT2D eigenvalue weighted by atomic mass is 35.5. The molecule has 0 bridgehead atoms. The summed E-state index contributed by atoms with van der Waals surface area (Å²) in [6.45, 7) is 9.32. The lowest BCUT2D eigenvalue weighted by atomic mass is 10.0. The van der Waals surface area contributed by atoms with Crippen molar-refractivity contribution < 1.29 is 4.79 Å². The summed E-state index contributed by atoms with van der Waals surface area (Å²) in [6, 6.07) is 3.86. The van der Waals surface area contributed by atoms with E-state index in [1.807, 2.05) is 12.1 Å². The zero-order valence-corrected chi connectivity index (χ0v) is 13.4. The Hall–Kier alpha value is -1.09. The highest BCUT2D eigenvalue weighted by Crippen LogP contribution is 2.68. The summed E-state index contributed by atoms with van der Waals surface area (Å²) in [5.41, 5.74) is 1.24. The molecule has 1 aromatic heterocycles. The Labute approximate surface area is 126 Å². The molecular weight excluding hydrogens is 272 g/mol. The Morgan fingerprint density at radius 1 is 1.35 bits per heavy atom. The lowest BCUT2D eigenvalue weighted by molar-refractivity contribution is -0.123. The molecular formula is C16H23ClN2O. The normalized spacial score (nSPS) is 19.6. The maximum Gasteiger partial charge on any atom is 0.224 e. The van der Waals surface area contributed by atoms with Crippen LogP contribution in [-0.4, -0.2) is 17.4 Å². The Bertz CT molecular complexity index is 497. The van der Waals surface area contributed by atoms with Gasteiger partial charge >= 0.3 is 0 Å². The molecule has 0 aliphatic heterocycles. The predicted octanol–water partition coefficient (Wildman–Crippen LogP) is 3.47. The number of aryl methyl sites for hydroxylation is 1. The Kier molecular flexibility index (Phi) is 4.10. The number of amides is 1. The molecule has 0 aromatic carbocycles. The van der Waals surface area contributed by atoms with Crippen LogP contribution < -0.4 is 5.32 Å². The van der Waals surface area contributed by atoms with Crippen LogP contribution in [0.5, 0.6) is 0 Å². The molecule has 0 saturated heterocycles. The van der Waals surface area contributed by atoms with Gasteiger partial charge in [0.05, 0.1) is 0 Å². The van der Waals surface area contributed by atoms with Crippen molar-refractivity contribution in [2.45, 2.75) is 40.5 Å². The number of hydrogen-bond acceptors (Lipinski definition) is 2. The first kappa shape index (κ1) is 15.3. The fourth-order valence-electron chi connectivity index (χ4n) is 3.05. The van der Waals surface area contributed by atoms with Crippen LogP contribution in [-0.2, 0) is 11.2 Å². The SMILES string of the molecule is CC1(C)C(C(=O)NCCCc2cccnc2Cl)C1(C)C. The third kappa shape index (κ3) is 2.69. The van der Waals surface area contributed by atoms with E-state index in [0.29, 0.717) is 11.7 Å². The quantitative estimate of drug-likeness (QED) is 0.667. The highest BCUT2D eigenvalue weighted by Gasteiger charge is 2.68. The predicted molar refractivity (Wildman–Crippen MR) is 81.6 cm³/mol. The monoisotopic (exact) mass is 294 g/mol. The summed E-state index contributed by atoms with van der Waals surface area (Å²) >= 11 is 6.00. The zero-order chi connectivity index (χ0) is 15.0. The van der Waals surface area contributed by atoms with Gasteiger partial charge < -0.3 is 5.32 Å². The first-order valence-electron chi connectivity index (χ1n) is 7.15. The van der Waals surface area contributed by atoms with E-state index in [-0.39, 0.29) is 22.7 Å². The van der Waals surface area contributed by atoms with E-state index in [9.17, 15) is 4.79 Å². The fourth-order valence-corrected chi connectivity index (χ4v) is 3.26. The van der Waals surface area contributed by atoms with E-state index in [1.165, 1.54) is 0 Å². The van der Waals surface area contributed by atoms with Crippen molar-refractivity contribution in [3.8, 4) is 0 Å². The van der Waals surface area contributed by atoms with Crippen molar-refractivity contribution in [1.82, 2.24) is 10.3 Å². The van der Waals surface area contributed by atoms with Gasteiger partial charge in [0.15, 0.2) is 0 Å². The van der Waals surface area contributed by atoms with E-state index >= 15 is 0 Å². The van der Waals surface area contributed by atoms with Crippen LogP contribution >= 0.6 is 11.6 Å². The molecule has 1 amide bonds. The third-order valence-electron chi connectivity index (χ3n) is 5.04. The summed E-state index contributed by atoms with van der Waals surface area (Å²) in [7, 11) is 0. The Morgan fingerprint density at radius 2 is 2.00 bits per heavy atom. The number of aromatic nitrogens is 1. The van der Waals surface area contributed by atoms with Gasteiger partial charge in [-0.2, -0.15) is 0 Å². The van der Waals surface area contributed by atoms with Crippen LogP contribution in [0.15, 0.2) is 18.3 Å². The number of nitrogens with one attached hydrogen (secondary N) is 1. The van der Waals surface area contributed by atoms with Gasteiger partial charge in [0, 0.05) is 18.7 Å². The molecule has 1 aliphatic rings. The minimum Gasteiger partial charge on any atom is -0.356 e. The van der Waals surface area contributed by atoms with Crippen LogP contribution in [0.2, 0.25) is 5.15 Å². The number of pyridine rings is 1. The van der Waals surface area contributed by atoms with Crippen molar-refractivity contribution in [2.75, 3.05) is 6.54 Å². The minimum absolute atomic E-state index is 0.101. The molecule has 0 atom stereocenters. The average Bonchev–Trinajstić information content (AvgIpc) is 2.77. The number of carbonyl (C=O) groups excluding carboxylic acids is 1. The Morgan fingerprint density at radius 3 is 2.55 bits per heavy atom. The second-order valence-electron chi connectivity index (χ2n) is 6.72. The number of rotatable bonds is 5. The van der Waals surface area contributed by atoms with Crippen LogP contribution in [0.1, 0.15) is 39.7 Å². The molecule has 1 aromatic rings. The van der Waals surface area contributed by atoms with Crippen LogP contribution in [0.3, 0.4) is 0 Å². The molecule has 0 spiro atoms. The van der Waals surface area contributed by atoms with Crippen molar-refractivity contribution in [1.29, 1.82) is 0 Å². The number of hydrogen-bond donors (Lipinski definition) is 1. The molecule has 1 heterocycles. The molecule has 1 fully saturated rings. The summed E-state index contributed by atoms with van der Waals surface area (Å²) in [5.74, 6) is 0.300. The van der Waals surface area contributed by atoms with E-state index in [2.05, 4.69) is 38.0 Å². The van der Waals surface area contributed by atoms with Gasteiger partial charge in [0.2, 0.25) is 5.91 Å². The number of nitrogens with zero attached hydrogens (tertiary/aromatic N) is 1. The molecule has 1 saturated carbocycles. The van der Waals surface area contributed by atoms with Gasteiger partial charge in [-0.15, -0.1) is 0 Å². The molecule has 2 rings (SSSR count). The van der Waals surface area contributed by atoms with E-state index in [4.69, 9.17) is 11.6 Å². The van der Waals surface area contributed by atoms with Crippen molar-refractivity contribution in [2.24, 2.45) is 16.7 Å². The summed E-state index contributed by atoms with van der Waals surface area (Å²) in [4.78, 5) is 16.2. The van der Waals surface area contributed by atoms with Crippen molar-refractivity contribution >= 4 is 17.5 Å². The molecule has 1 aliphatic carbocycles. The van der Waals surface area contributed by atoms with Gasteiger partial charge in [0.1, 0.15) is 5.15 Å². The molecule has 1 N–H and O–H groups in total. The molecule has 4 heteroatoms. The number of halogens is 1. The summed E-state index contributed by atoms with van der Waals surface area (Å²) < 4.78 is 0. The molecule has 3 nitrogen and oxygen atoms in total. The molecule has 0 unspecified atom stereocenters. The standard InChI is InChI=1S/C16H23ClN2O/c1-15(2)12(16(15,3)4)14(20)19-10-6-8-11-7-5-9-18-13(11)17/h5,7,9,12H,6,8,10H2,1-4H3,(H,19,20). The zero-order valence-electron chi connectivity index (χ0n) is 12.7. The number of carbonyl (C=O) groups is 1. The molecule has 0 radical (unpaired) electrons. The third-order valence-corrected chi connectivity index (χ3v) is 5.38. The topological polar surface area (TPSA) is 42.0 Å². The molecule has 20 heavy (non-hydrogen) atoms. The molecule has 110 valence electrons. The van der Waals surface area contributed by atoms with Crippen molar-refractivity contribution in [3.05, 3.63) is 29.0 Å². The average molecular weight is 295 g/mol. The first-order valence-corrected chi connectivity index (χ1v) is 7.53. The van der Waals surface area contributed by atoms with E-state index in [1.54, 1.807) is 6.20 Å². The smallest absolute Gasteiger partial charge is 0.224 e. The highest BCUT2D eigenvalue weighted by molar-refractivity contribution is 6.30. The van der Waals surface area contributed by atoms with Crippen LogP contribution in [0.25, 0.3) is 0 Å². The van der Waals surface area contributed by atoms with Crippen LogP contribution in [0, 0.1) is 16.7 Å². The van der Waals surface area contributed by atoms with Gasteiger partial charge in [-0.05, 0) is 35.3 Å². The lowest BCUT2D eigenvalue weighted by Gasteiger charge is -2.07. The summed E-state index contributed by atoms with van der Waals surface area (Å²) in [6.07, 6.45) is 3.40. The maximum absolute atomic E-state index is 12.2. The van der Waals surface area contributed by atoms with Crippen molar-refractivity contribution in [3.63, 3.8) is 0 Å². The van der Waals surface area contributed by atoms with Gasteiger partial charge in [0.25, 0.3) is 0 Å². The minimum atomic E-state index is 0.101. The largest absolute Gasteiger partial charge is 0.356 e. The second-order valence-corrected chi connectivity index (χ2v) is 7.08. The van der Waals surface area contributed by atoms with Crippen LogP contribution in [0.4, 0.5) is 0 Å². The van der Waals surface area contributed by atoms with Gasteiger partial charge in [-0.1, -0.05) is 45.4 Å².